The fraction of sp³-hybridized carbons (Fsp3) is 0.625. The van der Waals surface area contributed by atoms with E-state index in [-0.39, 0.29) is 12.1 Å². The Balaban J connectivity index is 3.74. The molecule has 0 aromatic rings. The fourth-order valence-corrected chi connectivity index (χ4v) is 0.740. The lowest BCUT2D eigenvalue weighted by Crippen LogP contribution is -2.25. The van der Waals surface area contributed by atoms with Crippen molar-refractivity contribution in [2.75, 3.05) is 13.2 Å². The topological polar surface area (TPSA) is 58.6 Å². The first-order valence-electron chi connectivity index (χ1n) is 4.20. The highest BCUT2D eigenvalue weighted by atomic mass is 19.4. The molecule has 2 N–H and O–H groups in total. The molecule has 88 valence electrons. The van der Waals surface area contributed by atoms with Gasteiger partial charge >= 0.3 is 12.1 Å². The van der Waals surface area contributed by atoms with Gasteiger partial charge in [-0.3, -0.25) is 4.84 Å². The Morgan fingerprint density at radius 1 is 1.53 bits per heavy atom. The minimum atomic E-state index is -4.39. The largest absolute Gasteiger partial charge is 0.478 e. The Kier molecular flexibility index (Phi) is 5.95. The standard InChI is InChI=1S/C8H12F3NO3/c1-2-6(7(13)14)3-4-12-15-5-8(9,10)11/h3,12H,2,4-5H2,1H3,(H,13,14). The van der Waals surface area contributed by atoms with Gasteiger partial charge in [-0.25, -0.2) is 4.79 Å². The molecule has 0 aliphatic carbocycles. The lowest BCUT2D eigenvalue weighted by Gasteiger charge is -2.06. The summed E-state index contributed by atoms with van der Waals surface area (Å²) in [6, 6.07) is 0. The fourth-order valence-electron chi connectivity index (χ4n) is 0.740. The van der Waals surface area contributed by atoms with E-state index in [4.69, 9.17) is 5.11 Å². The molecule has 0 bridgehead atoms. The molecule has 15 heavy (non-hydrogen) atoms. The molecular weight excluding hydrogens is 215 g/mol. The predicted octanol–water partition coefficient (Wildman–Crippen LogP) is 1.49. The molecule has 0 spiro atoms. The van der Waals surface area contributed by atoms with Gasteiger partial charge in [0.2, 0.25) is 0 Å². The van der Waals surface area contributed by atoms with Crippen LogP contribution in [0.1, 0.15) is 13.3 Å². The maximum Gasteiger partial charge on any atom is 0.413 e. The molecule has 0 unspecified atom stereocenters. The molecule has 0 amide bonds. The highest BCUT2D eigenvalue weighted by Gasteiger charge is 2.27. The summed E-state index contributed by atoms with van der Waals surface area (Å²) < 4.78 is 34.7. The zero-order valence-corrected chi connectivity index (χ0v) is 8.10. The van der Waals surface area contributed by atoms with Gasteiger partial charge in [0, 0.05) is 12.1 Å². The van der Waals surface area contributed by atoms with E-state index in [9.17, 15) is 18.0 Å². The van der Waals surface area contributed by atoms with Crippen LogP contribution in [0, 0.1) is 0 Å². The molecule has 0 atom stereocenters. The summed E-state index contributed by atoms with van der Waals surface area (Å²) in [4.78, 5) is 14.5. The maximum atomic E-state index is 11.6. The average Bonchev–Trinajstić information content (AvgIpc) is 2.08. The van der Waals surface area contributed by atoms with Gasteiger partial charge in [-0.15, -0.1) is 0 Å². The van der Waals surface area contributed by atoms with Gasteiger partial charge < -0.3 is 5.11 Å². The third-order valence-corrected chi connectivity index (χ3v) is 1.43. The highest BCUT2D eigenvalue weighted by Crippen LogP contribution is 2.13. The van der Waals surface area contributed by atoms with E-state index in [1.165, 1.54) is 6.08 Å². The van der Waals surface area contributed by atoms with E-state index >= 15 is 0 Å². The second-order valence-electron chi connectivity index (χ2n) is 2.64. The molecule has 0 aromatic carbocycles. The number of alkyl halides is 3. The number of carbonyl (C=O) groups is 1. The summed E-state index contributed by atoms with van der Waals surface area (Å²) >= 11 is 0. The second-order valence-corrected chi connectivity index (χ2v) is 2.64. The number of carboxylic acids is 1. The summed E-state index contributed by atoms with van der Waals surface area (Å²) in [5.41, 5.74) is 2.13. The molecule has 0 radical (unpaired) electrons. The van der Waals surface area contributed by atoms with Gasteiger partial charge in [-0.05, 0) is 6.42 Å². The Bertz CT molecular complexity index is 238. The summed E-state index contributed by atoms with van der Waals surface area (Å²) in [5.74, 6) is -1.09. The molecule has 0 aliphatic rings. The first-order valence-corrected chi connectivity index (χ1v) is 4.20. The first kappa shape index (κ1) is 13.9. The van der Waals surface area contributed by atoms with Crippen molar-refractivity contribution in [1.29, 1.82) is 0 Å². The van der Waals surface area contributed by atoms with Crippen LogP contribution in [0.15, 0.2) is 11.6 Å². The number of aliphatic carboxylic acids is 1. The van der Waals surface area contributed by atoms with Crippen molar-refractivity contribution in [3.05, 3.63) is 11.6 Å². The third-order valence-electron chi connectivity index (χ3n) is 1.43. The lowest BCUT2D eigenvalue weighted by molar-refractivity contribution is -0.188. The minimum absolute atomic E-state index is 0.0778. The Morgan fingerprint density at radius 2 is 2.13 bits per heavy atom. The van der Waals surface area contributed by atoms with Gasteiger partial charge in [0.1, 0.15) is 0 Å². The number of halogens is 3. The van der Waals surface area contributed by atoms with E-state index in [0.29, 0.717) is 6.42 Å². The molecular formula is C8H12F3NO3. The van der Waals surface area contributed by atoms with Gasteiger partial charge in [-0.2, -0.15) is 18.7 Å². The number of hydrogen-bond donors (Lipinski definition) is 2. The van der Waals surface area contributed by atoms with Crippen LogP contribution in [0.5, 0.6) is 0 Å². The monoisotopic (exact) mass is 227 g/mol. The average molecular weight is 227 g/mol. The zero-order chi connectivity index (χ0) is 11.9. The van der Waals surface area contributed by atoms with Crippen LogP contribution in [-0.4, -0.2) is 30.4 Å². The van der Waals surface area contributed by atoms with Crippen LogP contribution in [0.4, 0.5) is 13.2 Å². The van der Waals surface area contributed by atoms with E-state index in [1.54, 1.807) is 6.92 Å². The summed E-state index contributed by atoms with van der Waals surface area (Å²) in [7, 11) is 0. The normalized spacial score (nSPS) is 12.9. The minimum Gasteiger partial charge on any atom is -0.478 e. The number of rotatable bonds is 6. The molecule has 0 rings (SSSR count). The number of hydrogen-bond acceptors (Lipinski definition) is 3. The molecule has 0 aliphatic heterocycles. The van der Waals surface area contributed by atoms with E-state index in [2.05, 4.69) is 4.84 Å². The number of nitrogens with one attached hydrogen (secondary N) is 1. The lowest BCUT2D eigenvalue weighted by atomic mass is 10.2. The van der Waals surface area contributed by atoms with E-state index in [0.717, 1.165) is 0 Å². The van der Waals surface area contributed by atoms with Crippen LogP contribution in [0.2, 0.25) is 0 Å². The quantitative estimate of drug-likeness (QED) is 0.410. The van der Waals surface area contributed by atoms with Gasteiger partial charge in [0.25, 0.3) is 0 Å². The Labute approximate surface area is 84.7 Å². The summed E-state index contributed by atoms with van der Waals surface area (Å²) in [6.45, 7) is 0.150. The molecule has 0 heterocycles. The molecule has 7 heteroatoms. The molecule has 0 saturated heterocycles. The van der Waals surface area contributed by atoms with Gasteiger partial charge in [0.15, 0.2) is 6.61 Å². The van der Waals surface area contributed by atoms with Crippen LogP contribution < -0.4 is 5.48 Å². The van der Waals surface area contributed by atoms with Crippen molar-refractivity contribution in [3.8, 4) is 0 Å². The molecule has 0 saturated carbocycles. The van der Waals surface area contributed by atoms with Gasteiger partial charge in [0.05, 0.1) is 0 Å². The van der Waals surface area contributed by atoms with E-state index in [1.807, 2.05) is 5.48 Å². The summed E-state index contributed by atoms with van der Waals surface area (Å²) in [5, 5.41) is 8.54. The number of hydroxylamine groups is 1. The summed E-state index contributed by atoms with van der Waals surface area (Å²) in [6.07, 6.45) is -2.83. The predicted molar refractivity (Wildman–Crippen MR) is 46.0 cm³/mol. The SMILES string of the molecule is CCC(=CCNOCC(F)(F)F)C(=O)O. The maximum absolute atomic E-state index is 11.6. The molecule has 4 nitrogen and oxygen atoms in total. The van der Waals surface area contributed by atoms with Crippen LogP contribution >= 0.6 is 0 Å². The van der Waals surface area contributed by atoms with Crippen molar-refractivity contribution in [3.63, 3.8) is 0 Å². The van der Waals surface area contributed by atoms with Crippen LogP contribution in [-0.2, 0) is 9.63 Å². The van der Waals surface area contributed by atoms with Crippen molar-refractivity contribution in [1.82, 2.24) is 5.48 Å². The Morgan fingerprint density at radius 3 is 2.53 bits per heavy atom. The van der Waals surface area contributed by atoms with Crippen molar-refractivity contribution >= 4 is 5.97 Å². The van der Waals surface area contributed by atoms with Gasteiger partial charge in [-0.1, -0.05) is 13.0 Å². The first-order chi connectivity index (χ1) is 6.87. The molecule has 0 fully saturated rings. The Hall–Kier alpha value is -1.08. The third kappa shape index (κ3) is 7.95. The second kappa shape index (κ2) is 6.41. The van der Waals surface area contributed by atoms with Crippen molar-refractivity contribution in [2.24, 2.45) is 0 Å². The van der Waals surface area contributed by atoms with Crippen molar-refractivity contribution in [2.45, 2.75) is 19.5 Å². The van der Waals surface area contributed by atoms with E-state index < -0.39 is 18.8 Å². The number of carboxylic acid groups (broad SMARTS) is 1. The highest BCUT2D eigenvalue weighted by molar-refractivity contribution is 5.86. The van der Waals surface area contributed by atoms with Crippen LogP contribution in [0.3, 0.4) is 0 Å². The van der Waals surface area contributed by atoms with Crippen molar-refractivity contribution < 1.29 is 27.9 Å². The smallest absolute Gasteiger partial charge is 0.413 e. The molecule has 0 aromatic heterocycles. The zero-order valence-electron chi connectivity index (χ0n) is 8.10. The van der Waals surface area contributed by atoms with Crippen LogP contribution in [0.25, 0.3) is 0 Å².